The minimum atomic E-state index is 0.768. The van der Waals surface area contributed by atoms with E-state index in [1.165, 1.54) is 5.56 Å². The van der Waals surface area contributed by atoms with Gasteiger partial charge in [0.15, 0.2) is 5.65 Å². The van der Waals surface area contributed by atoms with Crippen molar-refractivity contribution >= 4 is 33.6 Å². The van der Waals surface area contributed by atoms with Crippen LogP contribution in [0.15, 0.2) is 31.0 Å². The first kappa shape index (κ1) is 11.8. The van der Waals surface area contributed by atoms with Gasteiger partial charge in [-0.25, -0.2) is 15.0 Å². The highest BCUT2D eigenvalue weighted by molar-refractivity contribution is 5.92. The van der Waals surface area contributed by atoms with Crippen molar-refractivity contribution in [2.45, 2.75) is 13.3 Å². The Morgan fingerprint density at radius 1 is 1.14 bits per heavy atom. The third kappa shape index (κ3) is 1.90. The number of aryl methyl sites for hydroxylation is 1. The molecule has 0 aliphatic carbocycles. The lowest BCUT2D eigenvalue weighted by molar-refractivity contribution is 1.10. The first-order valence-corrected chi connectivity index (χ1v) is 6.72. The highest BCUT2D eigenvalue weighted by atomic mass is 15.1. The van der Waals surface area contributed by atoms with E-state index in [9.17, 15) is 0 Å². The van der Waals surface area contributed by atoms with Gasteiger partial charge in [0.05, 0.1) is 23.5 Å². The molecule has 0 saturated heterocycles. The molecule has 0 aliphatic heterocycles. The zero-order valence-corrected chi connectivity index (χ0v) is 11.4. The van der Waals surface area contributed by atoms with E-state index in [4.69, 9.17) is 0 Å². The number of H-pyrrole nitrogens is 2. The number of fused-ring (bicyclic) bond motifs is 2. The normalized spacial score (nSPS) is 11.3. The van der Waals surface area contributed by atoms with Gasteiger partial charge in [-0.2, -0.15) is 5.10 Å². The van der Waals surface area contributed by atoms with Crippen molar-refractivity contribution in [1.82, 2.24) is 30.1 Å². The van der Waals surface area contributed by atoms with Crippen LogP contribution in [0.5, 0.6) is 0 Å². The Bertz CT molecular complexity index is 921. The van der Waals surface area contributed by atoms with E-state index in [0.717, 1.165) is 40.0 Å². The SMILES string of the molecule is CCc1c[nH]c2ncnc(Nc3cnc4[nH]ncc4c3)c12. The van der Waals surface area contributed by atoms with Gasteiger partial charge in [0, 0.05) is 11.6 Å². The summed E-state index contributed by atoms with van der Waals surface area (Å²) >= 11 is 0. The average Bonchev–Trinajstić information content (AvgIpc) is 3.13. The molecular weight excluding hydrogens is 266 g/mol. The molecular formula is C14H13N7. The van der Waals surface area contributed by atoms with Crippen LogP contribution >= 0.6 is 0 Å². The molecule has 0 aromatic carbocycles. The fraction of sp³-hybridized carbons (Fsp3) is 0.143. The van der Waals surface area contributed by atoms with E-state index in [1.54, 1.807) is 18.7 Å². The first-order chi connectivity index (χ1) is 10.3. The van der Waals surface area contributed by atoms with E-state index < -0.39 is 0 Å². The monoisotopic (exact) mass is 279 g/mol. The van der Waals surface area contributed by atoms with Gasteiger partial charge in [-0.3, -0.25) is 5.10 Å². The number of hydrogen-bond acceptors (Lipinski definition) is 5. The zero-order chi connectivity index (χ0) is 14.2. The summed E-state index contributed by atoms with van der Waals surface area (Å²) in [4.78, 5) is 16.1. The largest absolute Gasteiger partial charge is 0.346 e. The van der Waals surface area contributed by atoms with Crippen LogP contribution in [0.3, 0.4) is 0 Å². The molecule has 0 aliphatic rings. The summed E-state index contributed by atoms with van der Waals surface area (Å²) in [6.07, 6.45) is 7.94. The van der Waals surface area contributed by atoms with Gasteiger partial charge in [-0.1, -0.05) is 6.92 Å². The quantitative estimate of drug-likeness (QED) is 0.535. The van der Waals surface area contributed by atoms with Gasteiger partial charge in [-0.15, -0.1) is 0 Å². The second-order valence-electron chi connectivity index (χ2n) is 4.77. The minimum Gasteiger partial charge on any atom is -0.346 e. The summed E-state index contributed by atoms with van der Waals surface area (Å²) in [7, 11) is 0. The van der Waals surface area contributed by atoms with Gasteiger partial charge in [0.25, 0.3) is 0 Å². The number of pyridine rings is 1. The smallest absolute Gasteiger partial charge is 0.155 e. The standard InChI is InChI=1S/C14H13N7/c1-2-8-4-15-13-11(8)14(18-7-17-13)20-10-3-9-5-19-21-12(9)16-6-10/h3-7H,2H2,1H3,(H,16,19,21)(H2,15,17,18,20). The Morgan fingerprint density at radius 3 is 3.00 bits per heavy atom. The Labute approximate surface area is 119 Å². The predicted octanol–water partition coefficient (Wildman–Crippen LogP) is 2.54. The van der Waals surface area contributed by atoms with Gasteiger partial charge in [0.2, 0.25) is 0 Å². The molecule has 0 radical (unpaired) electrons. The summed E-state index contributed by atoms with van der Waals surface area (Å²) in [5.41, 5.74) is 3.66. The lowest BCUT2D eigenvalue weighted by atomic mass is 10.2. The maximum Gasteiger partial charge on any atom is 0.155 e. The van der Waals surface area contributed by atoms with Crippen LogP contribution < -0.4 is 5.32 Å². The van der Waals surface area contributed by atoms with Gasteiger partial charge in [-0.05, 0) is 18.1 Å². The Hall–Kier alpha value is -2.96. The number of aromatic amines is 2. The lowest BCUT2D eigenvalue weighted by Crippen LogP contribution is -1.97. The van der Waals surface area contributed by atoms with Gasteiger partial charge in [0.1, 0.15) is 17.8 Å². The zero-order valence-electron chi connectivity index (χ0n) is 11.4. The molecule has 0 unspecified atom stereocenters. The number of hydrogen-bond donors (Lipinski definition) is 3. The average molecular weight is 279 g/mol. The molecule has 3 N–H and O–H groups in total. The van der Waals surface area contributed by atoms with Crippen molar-refractivity contribution in [2.24, 2.45) is 0 Å². The van der Waals surface area contributed by atoms with Crippen molar-refractivity contribution in [3.63, 3.8) is 0 Å². The summed E-state index contributed by atoms with van der Waals surface area (Å²) in [5.74, 6) is 0.780. The molecule has 4 aromatic rings. The molecule has 0 saturated carbocycles. The van der Waals surface area contributed by atoms with Crippen molar-refractivity contribution in [3.05, 3.63) is 36.5 Å². The summed E-state index contributed by atoms with van der Waals surface area (Å²) < 4.78 is 0. The molecule has 21 heavy (non-hydrogen) atoms. The third-order valence-electron chi connectivity index (χ3n) is 3.49. The number of anilines is 2. The Balaban J connectivity index is 1.81. The maximum absolute atomic E-state index is 4.36. The van der Waals surface area contributed by atoms with Crippen LogP contribution in [-0.2, 0) is 6.42 Å². The molecule has 7 heteroatoms. The van der Waals surface area contributed by atoms with Crippen LogP contribution in [0.4, 0.5) is 11.5 Å². The molecule has 7 nitrogen and oxygen atoms in total. The maximum atomic E-state index is 4.36. The highest BCUT2D eigenvalue weighted by Crippen LogP contribution is 2.26. The van der Waals surface area contributed by atoms with E-state index >= 15 is 0 Å². The van der Waals surface area contributed by atoms with Crippen molar-refractivity contribution in [3.8, 4) is 0 Å². The van der Waals surface area contributed by atoms with Gasteiger partial charge < -0.3 is 10.3 Å². The van der Waals surface area contributed by atoms with Crippen LogP contribution in [0, 0.1) is 0 Å². The van der Waals surface area contributed by atoms with Crippen molar-refractivity contribution in [1.29, 1.82) is 0 Å². The van der Waals surface area contributed by atoms with Crippen molar-refractivity contribution in [2.75, 3.05) is 5.32 Å². The summed E-state index contributed by atoms with van der Waals surface area (Å²) in [6, 6.07) is 1.98. The second-order valence-corrected chi connectivity index (χ2v) is 4.77. The summed E-state index contributed by atoms with van der Waals surface area (Å²) in [6.45, 7) is 2.11. The van der Waals surface area contributed by atoms with Crippen LogP contribution in [-0.4, -0.2) is 30.1 Å². The third-order valence-corrected chi connectivity index (χ3v) is 3.49. The Kier molecular flexibility index (Phi) is 2.56. The molecule has 4 aromatic heterocycles. The number of aromatic nitrogens is 6. The highest BCUT2D eigenvalue weighted by Gasteiger charge is 2.10. The molecule has 104 valence electrons. The molecule has 4 heterocycles. The second kappa shape index (κ2) is 4.55. The molecule has 4 rings (SSSR count). The van der Waals surface area contributed by atoms with E-state index in [1.807, 2.05) is 12.3 Å². The predicted molar refractivity (Wildman–Crippen MR) is 80.4 cm³/mol. The fourth-order valence-corrected chi connectivity index (χ4v) is 2.44. The van der Waals surface area contributed by atoms with Gasteiger partial charge >= 0.3 is 0 Å². The van der Waals surface area contributed by atoms with Crippen LogP contribution in [0.2, 0.25) is 0 Å². The van der Waals surface area contributed by atoms with E-state index in [0.29, 0.717) is 0 Å². The minimum absolute atomic E-state index is 0.768. The first-order valence-electron chi connectivity index (χ1n) is 6.72. The molecule has 0 atom stereocenters. The molecule has 0 fully saturated rings. The lowest BCUT2D eigenvalue weighted by Gasteiger charge is -2.07. The number of nitrogens with one attached hydrogen (secondary N) is 3. The molecule has 0 bridgehead atoms. The molecule has 0 spiro atoms. The fourth-order valence-electron chi connectivity index (χ4n) is 2.44. The van der Waals surface area contributed by atoms with E-state index in [-0.39, 0.29) is 0 Å². The van der Waals surface area contributed by atoms with Crippen LogP contribution in [0.25, 0.3) is 22.1 Å². The Morgan fingerprint density at radius 2 is 2.10 bits per heavy atom. The van der Waals surface area contributed by atoms with Crippen molar-refractivity contribution < 1.29 is 0 Å². The summed E-state index contributed by atoms with van der Waals surface area (Å²) in [5, 5.41) is 12.1. The van der Waals surface area contributed by atoms with E-state index in [2.05, 4.69) is 42.4 Å². The number of nitrogens with zero attached hydrogens (tertiary/aromatic N) is 4. The van der Waals surface area contributed by atoms with Crippen LogP contribution in [0.1, 0.15) is 12.5 Å². The molecule has 0 amide bonds. The number of rotatable bonds is 3. The topological polar surface area (TPSA) is 95.2 Å².